The SMILES string of the molecule is CC(C)S[Te]SC(C)C. The Kier molecular flexibility index (Phi) is 7.24. The van der Waals surface area contributed by atoms with Crippen LogP contribution in [0.1, 0.15) is 27.7 Å². The Labute approximate surface area is 74.0 Å². The molecule has 0 unspecified atom stereocenters. The van der Waals surface area contributed by atoms with Crippen molar-refractivity contribution < 1.29 is 0 Å². The Morgan fingerprint density at radius 1 is 0.889 bits per heavy atom. The average Bonchev–Trinajstić information content (AvgIpc) is 1.63. The van der Waals surface area contributed by atoms with Crippen molar-refractivity contribution in [3.8, 4) is 0 Å². The second kappa shape index (κ2) is 6.22. The van der Waals surface area contributed by atoms with Crippen molar-refractivity contribution in [1.29, 1.82) is 0 Å². The van der Waals surface area contributed by atoms with Crippen molar-refractivity contribution in [2.24, 2.45) is 0 Å². The number of hydrogen-bond acceptors (Lipinski definition) is 2. The second-order valence-corrected chi connectivity index (χ2v) is 12.0. The second-order valence-electron chi connectivity index (χ2n) is 2.36. The van der Waals surface area contributed by atoms with E-state index in [9.17, 15) is 0 Å². The minimum absolute atomic E-state index is 0.220. The van der Waals surface area contributed by atoms with Crippen LogP contribution in [-0.4, -0.2) is 28.7 Å². The van der Waals surface area contributed by atoms with E-state index in [1.165, 1.54) is 0 Å². The Hall–Kier alpha value is 1.49. The predicted molar refractivity (Wildman–Crippen MR) is 51.2 cm³/mol. The van der Waals surface area contributed by atoms with Crippen LogP contribution < -0.4 is 0 Å². The molecule has 0 rings (SSSR count). The molecule has 0 aromatic rings. The molecule has 0 aromatic heterocycles. The summed E-state index contributed by atoms with van der Waals surface area (Å²) in [5.74, 6) is 0. The summed E-state index contributed by atoms with van der Waals surface area (Å²) in [7, 11) is 4.31. The molecule has 56 valence electrons. The van der Waals surface area contributed by atoms with Gasteiger partial charge in [0.1, 0.15) is 0 Å². The fraction of sp³-hybridized carbons (Fsp3) is 1.00. The van der Waals surface area contributed by atoms with Gasteiger partial charge in [-0.25, -0.2) is 0 Å². The number of hydrogen-bond donors (Lipinski definition) is 0. The topological polar surface area (TPSA) is 0 Å². The van der Waals surface area contributed by atoms with Crippen LogP contribution in [0.2, 0.25) is 0 Å². The summed E-state index contributed by atoms with van der Waals surface area (Å²) in [5.41, 5.74) is 0. The van der Waals surface area contributed by atoms with Crippen molar-refractivity contribution in [1.82, 2.24) is 0 Å². The summed E-state index contributed by atoms with van der Waals surface area (Å²) >= 11 is 0.220. The molecule has 0 saturated carbocycles. The van der Waals surface area contributed by atoms with Crippen molar-refractivity contribution in [2.45, 2.75) is 38.2 Å². The van der Waals surface area contributed by atoms with E-state index in [0.717, 1.165) is 10.5 Å². The molecule has 0 bridgehead atoms. The molecule has 0 fully saturated rings. The Balaban J connectivity index is 2.91. The fourth-order valence-corrected chi connectivity index (χ4v) is 10.9. The van der Waals surface area contributed by atoms with E-state index >= 15 is 0 Å². The third-order valence-corrected chi connectivity index (χ3v) is 12.5. The van der Waals surface area contributed by atoms with E-state index in [1.54, 1.807) is 0 Å². The third-order valence-electron chi connectivity index (χ3n) is 0.463. The third kappa shape index (κ3) is 9.49. The van der Waals surface area contributed by atoms with Crippen LogP contribution in [0, 0.1) is 0 Å². The summed E-state index contributed by atoms with van der Waals surface area (Å²) in [6.45, 7) is 9.10. The van der Waals surface area contributed by atoms with Gasteiger partial charge in [0.15, 0.2) is 0 Å². The summed E-state index contributed by atoms with van der Waals surface area (Å²) in [5, 5.41) is 1.69. The van der Waals surface area contributed by atoms with E-state index in [2.05, 4.69) is 45.7 Å². The summed E-state index contributed by atoms with van der Waals surface area (Å²) in [6, 6.07) is 0. The van der Waals surface area contributed by atoms with Crippen molar-refractivity contribution >= 4 is 36.2 Å². The molecule has 0 heterocycles. The summed E-state index contributed by atoms with van der Waals surface area (Å²) in [4.78, 5) is 0. The zero-order valence-corrected chi connectivity index (χ0v) is 10.3. The van der Waals surface area contributed by atoms with E-state index in [1.807, 2.05) is 0 Å². The Morgan fingerprint density at radius 2 is 1.22 bits per heavy atom. The van der Waals surface area contributed by atoms with Gasteiger partial charge in [-0.15, -0.1) is 0 Å². The standard InChI is InChI=1S/C6H14S2Te/c1-5(2)7-9-8-6(3)4/h5-6H,1-4H3. The predicted octanol–water partition coefficient (Wildman–Crippen LogP) is 2.80. The van der Waals surface area contributed by atoms with E-state index in [0.29, 0.717) is 0 Å². The molecule has 0 saturated heterocycles. The Bertz CT molecular complexity index is 56.1. The molecule has 0 spiro atoms. The van der Waals surface area contributed by atoms with Crippen LogP contribution in [0.4, 0.5) is 0 Å². The van der Waals surface area contributed by atoms with Crippen molar-refractivity contribution in [3.05, 3.63) is 0 Å². The molecule has 0 amide bonds. The van der Waals surface area contributed by atoms with Gasteiger partial charge in [0.05, 0.1) is 0 Å². The van der Waals surface area contributed by atoms with Crippen LogP contribution in [0.15, 0.2) is 0 Å². The molecule has 0 nitrogen and oxygen atoms in total. The quantitative estimate of drug-likeness (QED) is 0.725. The zero-order chi connectivity index (χ0) is 7.28. The van der Waals surface area contributed by atoms with Crippen molar-refractivity contribution in [2.75, 3.05) is 0 Å². The number of rotatable bonds is 4. The van der Waals surface area contributed by atoms with Crippen LogP contribution in [0.3, 0.4) is 0 Å². The molecular weight excluding hydrogens is 264 g/mol. The molecule has 0 radical (unpaired) electrons. The monoisotopic (exact) mass is 280 g/mol. The molecule has 0 aliphatic carbocycles. The molecule has 3 heteroatoms. The van der Waals surface area contributed by atoms with Gasteiger partial charge in [-0.05, 0) is 0 Å². The molecule has 0 N–H and O–H groups in total. The van der Waals surface area contributed by atoms with Crippen LogP contribution in [-0.2, 0) is 0 Å². The van der Waals surface area contributed by atoms with Gasteiger partial charge in [-0.2, -0.15) is 0 Å². The first-order valence-corrected chi connectivity index (χ1v) is 10.4. The van der Waals surface area contributed by atoms with E-state index in [-0.39, 0.29) is 18.2 Å². The molecule has 0 aromatic carbocycles. The normalized spacial score (nSPS) is 11.3. The molecule has 0 aliphatic heterocycles. The van der Waals surface area contributed by atoms with Gasteiger partial charge in [0.2, 0.25) is 0 Å². The van der Waals surface area contributed by atoms with Gasteiger partial charge < -0.3 is 0 Å². The van der Waals surface area contributed by atoms with E-state index in [4.69, 9.17) is 0 Å². The first kappa shape index (κ1) is 10.5. The summed E-state index contributed by atoms with van der Waals surface area (Å²) in [6.07, 6.45) is 0. The van der Waals surface area contributed by atoms with Gasteiger partial charge in [-0.1, -0.05) is 0 Å². The van der Waals surface area contributed by atoms with Crippen molar-refractivity contribution in [3.63, 3.8) is 0 Å². The maximum absolute atomic E-state index is 2.27. The average molecular weight is 278 g/mol. The van der Waals surface area contributed by atoms with Crippen LogP contribution in [0.5, 0.6) is 0 Å². The summed E-state index contributed by atoms with van der Waals surface area (Å²) < 4.78 is 0. The first-order valence-electron chi connectivity index (χ1n) is 3.11. The first-order chi connectivity index (χ1) is 4.13. The molecule has 0 aliphatic rings. The van der Waals surface area contributed by atoms with E-state index < -0.39 is 0 Å². The maximum atomic E-state index is 2.27. The van der Waals surface area contributed by atoms with Gasteiger partial charge in [0, 0.05) is 0 Å². The minimum atomic E-state index is 0.220. The molecule has 9 heavy (non-hydrogen) atoms. The Morgan fingerprint density at radius 3 is 1.44 bits per heavy atom. The van der Waals surface area contributed by atoms with Crippen LogP contribution >= 0.6 is 18.0 Å². The van der Waals surface area contributed by atoms with Crippen LogP contribution in [0.25, 0.3) is 0 Å². The fourth-order valence-electron chi connectivity index (χ4n) is 0.180. The zero-order valence-electron chi connectivity index (χ0n) is 6.38. The van der Waals surface area contributed by atoms with Gasteiger partial charge in [0.25, 0.3) is 0 Å². The van der Waals surface area contributed by atoms with Gasteiger partial charge >= 0.3 is 74.4 Å². The molecule has 0 atom stereocenters. The van der Waals surface area contributed by atoms with Gasteiger partial charge in [-0.3, -0.25) is 0 Å². The molecular formula is C6H14S2Te.